The van der Waals surface area contributed by atoms with Gasteiger partial charge < -0.3 is 9.64 Å². The average molecular weight is 996 g/mol. The number of hydrogen-bond donors (Lipinski definition) is 0. The maximum Gasteiger partial charge on any atom is 0.151 e. The summed E-state index contributed by atoms with van der Waals surface area (Å²) in [6, 6.07) is 76.1. The van der Waals surface area contributed by atoms with Crippen LogP contribution in [0.1, 0.15) is 127 Å². The zero-order valence-electron chi connectivity index (χ0n) is 45.7. The molecule has 1 heterocycles. The standard InChI is InChI=1S/C74H77NO/c1-5-9-13-21-54-29-37-58(38-30-54)62-45-63(59-39-31-55(32-40-59)22-14-10-6-2)48-66(47-62)68-51-69(53-70(52-68)75-71-25-17-19-27-73(71)76-74-28-20-18-26-72(74)75)67-49-64(60-41-33-56(34-42-60)23-15-11-7-3)46-65(50-67)61-43-35-57(36-44-61)24-16-12-8-4/h17-20,25-53H,5-16,21-24H2,1-4H3. The molecular formula is C74H77NO. The van der Waals surface area contributed by atoms with Crippen LogP contribution in [0.5, 0.6) is 11.5 Å². The zero-order valence-corrected chi connectivity index (χ0v) is 45.7. The van der Waals surface area contributed by atoms with E-state index in [4.69, 9.17) is 4.74 Å². The molecule has 0 aliphatic carbocycles. The summed E-state index contributed by atoms with van der Waals surface area (Å²) < 4.78 is 6.62. The number of nitrogens with zero attached hydrogens (tertiary/aromatic N) is 1. The van der Waals surface area contributed by atoms with Crippen molar-refractivity contribution in [3.8, 4) is 78.3 Å². The van der Waals surface area contributed by atoms with Gasteiger partial charge in [-0.05, 0) is 219 Å². The third kappa shape index (κ3) is 12.6. The highest BCUT2D eigenvalue weighted by molar-refractivity contribution is 5.92. The molecule has 10 rings (SSSR count). The normalized spacial score (nSPS) is 11.8. The van der Waals surface area contributed by atoms with E-state index in [9.17, 15) is 0 Å². The largest absolute Gasteiger partial charge is 0.453 e. The van der Waals surface area contributed by atoms with Gasteiger partial charge in [0.05, 0.1) is 11.4 Å². The van der Waals surface area contributed by atoms with E-state index in [0.29, 0.717) is 0 Å². The zero-order chi connectivity index (χ0) is 52.1. The summed E-state index contributed by atoms with van der Waals surface area (Å²) in [5.74, 6) is 1.68. The number of ether oxygens (including phenoxy) is 1. The van der Waals surface area contributed by atoms with Gasteiger partial charge in [0.15, 0.2) is 11.5 Å². The fraction of sp³-hybridized carbons (Fsp3) is 0.270. The summed E-state index contributed by atoms with van der Waals surface area (Å²) in [4.78, 5) is 2.40. The van der Waals surface area contributed by atoms with Crippen molar-refractivity contribution in [2.24, 2.45) is 0 Å². The summed E-state index contributed by atoms with van der Waals surface area (Å²) in [7, 11) is 0. The minimum Gasteiger partial charge on any atom is -0.453 e. The summed E-state index contributed by atoms with van der Waals surface area (Å²) in [5.41, 5.74) is 23.2. The number of para-hydroxylation sites is 4. The molecule has 1 aliphatic rings. The van der Waals surface area contributed by atoms with Crippen LogP contribution in [0.25, 0.3) is 66.8 Å². The average Bonchev–Trinajstić information content (AvgIpc) is 3.51. The van der Waals surface area contributed by atoms with Crippen LogP contribution >= 0.6 is 0 Å². The fourth-order valence-electron chi connectivity index (χ4n) is 11.1. The van der Waals surface area contributed by atoms with E-state index >= 15 is 0 Å². The van der Waals surface area contributed by atoms with Gasteiger partial charge in [-0.25, -0.2) is 0 Å². The van der Waals surface area contributed by atoms with E-state index in [1.54, 1.807) is 0 Å². The fourth-order valence-corrected chi connectivity index (χ4v) is 11.1. The first-order chi connectivity index (χ1) is 37.5. The van der Waals surface area contributed by atoms with Crippen molar-refractivity contribution in [2.75, 3.05) is 4.90 Å². The highest BCUT2D eigenvalue weighted by atomic mass is 16.5. The highest BCUT2D eigenvalue weighted by Gasteiger charge is 2.26. The first-order valence-electron chi connectivity index (χ1n) is 29.0. The molecule has 0 bridgehead atoms. The number of rotatable bonds is 23. The predicted molar refractivity (Wildman–Crippen MR) is 327 cm³/mol. The number of benzene rings is 9. The molecule has 0 unspecified atom stereocenters. The summed E-state index contributed by atoms with van der Waals surface area (Å²) in [5, 5.41) is 0. The van der Waals surface area contributed by atoms with Crippen molar-refractivity contribution in [1.82, 2.24) is 0 Å². The van der Waals surface area contributed by atoms with Crippen molar-refractivity contribution in [3.63, 3.8) is 0 Å². The third-order valence-corrected chi connectivity index (χ3v) is 15.6. The second-order valence-corrected chi connectivity index (χ2v) is 21.4. The maximum absolute atomic E-state index is 6.62. The summed E-state index contributed by atoms with van der Waals surface area (Å²) >= 11 is 0. The first-order valence-corrected chi connectivity index (χ1v) is 29.0. The lowest BCUT2D eigenvalue weighted by atomic mass is 9.89. The summed E-state index contributed by atoms with van der Waals surface area (Å²) in [6.45, 7) is 9.12. The Bertz CT molecular complexity index is 2950. The molecule has 0 atom stereocenters. The highest BCUT2D eigenvalue weighted by Crippen LogP contribution is 2.52. The van der Waals surface area contributed by atoms with Gasteiger partial charge in [0.2, 0.25) is 0 Å². The molecule has 2 nitrogen and oxygen atoms in total. The molecule has 1 aliphatic heterocycles. The van der Waals surface area contributed by atoms with Gasteiger partial charge in [-0.15, -0.1) is 0 Å². The van der Waals surface area contributed by atoms with Gasteiger partial charge in [-0.3, -0.25) is 0 Å². The van der Waals surface area contributed by atoms with E-state index in [-0.39, 0.29) is 0 Å². The van der Waals surface area contributed by atoms with Gasteiger partial charge in [0.1, 0.15) is 0 Å². The molecule has 0 saturated carbocycles. The van der Waals surface area contributed by atoms with Gasteiger partial charge in [-0.1, -0.05) is 200 Å². The Balaban J connectivity index is 1.16. The van der Waals surface area contributed by atoms with Crippen molar-refractivity contribution in [2.45, 2.75) is 130 Å². The number of aryl methyl sites for hydroxylation is 4. The minimum absolute atomic E-state index is 0.842. The number of unbranched alkanes of at least 4 members (excludes halogenated alkanes) is 8. The topological polar surface area (TPSA) is 12.5 Å². The molecule has 9 aromatic carbocycles. The van der Waals surface area contributed by atoms with E-state index in [2.05, 4.69) is 233 Å². The molecule has 0 saturated heterocycles. The predicted octanol–water partition coefficient (Wildman–Crippen LogP) is 22.2. The van der Waals surface area contributed by atoms with Crippen LogP contribution in [0.3, 0.4) is 0 Å². The van der Waals surface area contributed by atoms with E-state index in [1.807, 2.05) is 0 Å². The van der Waals surface area contributed by atoms with Gasteiger partial charge in [-0.2, -0.15) is 0 Å². The Morgan fingerprint density at radius 3 is 0.789 bits per heavy atom. The molecule has 0 spiro atoms. The lowest BCUT2D eigenvalue weighted by Gasteiger charge is -2.33. The smallest absolute Gasteiger partial charge is 0.151 e. The van der Waals surface area contributed by atoms with Crippen molar-refractivity contribution >= 4 is 17.1 Å². The maximum atomic E-state index is 6.62. The molecule has 0 radical (unpaired) electrons. The Morgan fingerprint density at radius 2 is 0.513 bits per heavy atom. The van der Waals surface area contributed by atoms with Crippen LogP contribution in [0, 0.1) is 0 Å². The van der Waals surface area contributed by atoms with Crippen LogP contribution in [0.2, 0.25) is 0 Å². The van der Waals surface area contributed by atoms with Crippen LogP contribution in [-0.4, -0.2) is 0 Å². The van der Waals surface area contributed by atoms with Crippen molar-refractivity contribution in [1.29, 1.82) is 0 Å². The van der Waals surface area contributed by atoms with Crippen LogP contribution in [-0.2, 0) is 25.7 Å². The van der Waals surface area contributed by atoms with Crippen molar-refractivity contribution in [3.05, 3.63) is 222 Å². The van der Waals surface area contributed by atoms with Crippen LogP contribution in [0.4, 0.5) is 17.1 Å². The second kappa shape index (κ2) is 25.4. The quantitative estimate of drug-likeness (QED) is 0.0592. The molecule has 76 heavy (non-hydrogen) atoms. The molecule has 0 N–H and O–H groups in total. The van der Waals surface area contributed by atoms with Gasteiger partial charge >= 0.3 is 0 Å². The number of anilines is 3. The van der Waals surface area contributed by atoms with Gasteiger partial charge in [0.25, 0.3) is 0 Å². The van der Waals surface area contributed by atoms with E-state index in [1.165, 1.54) is 155 Å². The van der Waals surface area contributed by atoms with E-state index < -0.39 is 0 Å². The number of hydrogen-bond acceptors (Lipinski definition) is 2. The molecule has 0 fully saturated rings. The lowest BCUT2D eigenvalue weighted by molar-refractivity contribution is 0.477. The first kappa shape index (κ1) is 52.0. The second-order valence-electron chi connectivity index (χ2n) is 21.4. The Morgan fingerprint density at radius 1 is 0.263 bits per heavy atom. The van der Waals surface area contributed by atoms with Gasteiger partial charge in [0, 0.05) is 5.69 Å². The Labute approximate surface area is 455 Å². The Hall–Kier alpha value is -7.42. The third-order valence-electron chi connectivity index (χ3n) is 15.6. The molecular weight excluding hydrogens is 919 g/mol. The molecule has 0 aromatic heterocycles. The monoisotopic (exact) mass is 996 g/mol. The molecule has 9 aromatic rings. The van der Waals surface area contributed by atoms with Crippen molar-refractivity contribution < 1.29 is 4.74 Å². The minimum atomic E-state index is 0.842. The Kier molecular flexibility index (Phi) is 17.4. The summed E-state index contributed by atoms with van der Waals surface area (Å²) in [6.07, 6.45) is 19.3. The lowest BCUT2D eigenvalue weighted by Crippen LogP contribution is -2.15. The van der Waals surface area contributed by atoms with Crippen LogP contribution in [0.15, 0.2) is 200 Å². The molecule has 0 amide bonds. The van der Waals surface area contributed by atoms with Crippen LogP contribution < -0.4 is 9.64 Å². The van der Waals surface area contributed by atoms with E-state index in [0.717, 1.165) is 65.4 Å². The molecule has 2 heteroatoms. The SMILES string of the molecule is CCCCCc1ccc(-c2cc(-c3ccc(CCCCC)cc3)cc(-c3cc(-c4cc(-c5ccc(CCCCC)cc5)cc(-c5ccc(CCCCC)cc5)c4)cc(N4c5ccccc5Oc5ccccc54)c3)c2)cc1. The number of fused-ring (bicyclic) bond motifs is 2. The molecule has 384 valence electrons.